The van der Waals surface area contributed by atoms with E-state index in [1.165, 1.54) is 0 Å². The van der Waals surface area contributed by atoms with E-state index in [-0.39, 0.29) is 0 Å². The molecule has 0 N–H and O–H groups in total. The van der Waals surface area contributed by atoms with Crippen molar-refractivity contribution in [2.75, 3.05) is 0 Å². The van der Waals surface area contributed by atoms with Crippen LogP contribution in [0, 0.1) is 0 Å². The fraction of sp³-hybridized carbons (Fsp3) is 0. The molecule has 10 aromatic rings. The predicted octanol–water partition coefficient (Wildman–Crippen LogP) is 10.9. The van der Waals surface area contributed by atoms with E-state index in [2.05, 4.69) is 77.8 Å². The molecule has 10 rings (SSSR count). The van der Waals surface area contributed by atoms with E-state index in [0.29, 0.717) is 23.1 Å². The van der Waals surface area contributed by atoms with Gasteiger partial charge in [0.15, 0.2) is 23.1 Å². The number of fused-ring (bicyclic) bond motifs is 7. The van der Waals surface area contributed by atoms with Crippen molar-refractivity contribution in [3.63, 3.8) is 0 Å². The highest BCUT2D eigenvalue weighted by Gasteiger charge is 2.20. The SMILES string of the molecule is c1ccc(-c2nc(-c3ccc4ccccc4c3)nc(-c3cncc4oc5cc(-c6cccc7c6oc6ccccc67)ccc5c34)n2)cc1. The molecule has 0 bridgehead atoms. The summed E-state index contributed by atoms with van der Waals surface area (Å²) in [5.41, 5.74) is 7.75. The van der Waals surface area contributed by atoms with Crippen LogP contribution in [0.25, 0.3) is 99.9 Å². The second-order valence-corrected chi connectivity index (χ2v) is 11.9. The fourth-order valence-electron chi connectivity index (χ4n) is 6.71. The zero-order chi connectivity index (χ0) is 31.6. The first-order valence-corrected chi connectivity index (χ1v) is 15.8. The Bertz CT molecular complexity index is 2850. The molecule has 0 atom stereocenters. The largest absolute Gasteiger partial charge is 0.455 e. The van der Waals surface area contributed by atoms with Gasteiger partial charge < -0.3 is 8.83 Å². The molecule has 48 heavy (non-hydrogen) atoms. The van der Waals surface area contributed by atoms with Crippen molar-refractivity contribution in [1.82, 2.24) is 19.9 Å². The summed E-state index contributed by atoms with van der Waals surface area (Å²) in [5, 5.41) is 6.33. The van der Waals surface area contributed by atoms with Crippen molar-refractivity contribution in [2.45, 2.75) is 0 Å². The summed E-state index contributed by atoms with van der Waals surface area (Å²) in [5.74, 6) is 1.72. The Kier molecular flexibility index (Phi) is 5.77. The van der Waals surface area contributed by atoms with E-state index < -0.39 is 0 Å². The summed E-state index contributed by atoms with van der Waals surface area (Å²) >= 11 is 0. The molecule has 0 radical (unpaired) electrons. The minimum atomic E-state index is 0.531. The molecule has 6 nitrogen and oxygen atoms in total. The maximum atomic E-state index is 6.46. The number of nitrogens with zero attached hydrogens (tertiary/aromatic N) is 4. The molecule has 6 aromatic carbocycles. The average Bonchev–Trinajstić information content (AvgIpc) is 3.73. The van der Waals surface area contributed by atoms with Crippen LogP contribution in [0.15, 0.2) is 155 Å². The van der Waals surface area contributed by atoms with Crippen LogP contribution >= 0.6 is 0 Å². The summed E-state index contributed by atoms with van der Waals surface area (Å²) in [7, 11) is 0. The molecule has 0 fully saturated rings. The number of rotatable bonds is 4. The first-order chi connectivity index (χ1) is 23.8. The van der Waals surface area contributed by atoms with Crippen molar-refractivity contribution in [3.8, 4) is 45.3 Å². The van der Waals surface area contributed by atoms with Gasteiger partial charge in [-0.25, -0.2) is 15.0 Å². The Hall–Kier alpha value is -6.66. The van der Waals surface area contributed by atoms with E-state index in [9.17, 15) is 0 Å². The number of aromatic nitrogens is 4. The third kappa shape index (κ3) is 4.20. The van der Waals surface area contributed by atoms with Crippen molar-refractivity contribution in [2.24, 2.45) is 0 Å². The normalized spacial score (nSPS) is 11.8. The number of hydrogen-bond acceptors (Lipinski definition) is 6. The van der Waals surface area contributed by atoms with E-state index in [1.54, 1.807) is 6.20 Å². The fourth-order valence-corrected chi connectivity index (χ4v) is 6.71. The van der Waals surface area contributed by atoms with E-state index in [1.807, 2.05) is 66.9 Å². The zero-order valence-electron chi connectivity index (χ0n) is 25.5. The molecular formula is C42H24N4O2. The highest BCUT2D eigenvalue weighted by Crippen LogP contribution is 2.40. The second kappa shape index (κ2) is 10.4. The lowest BCUT2D eigenvalue weighted by atomic mass is 10.0. The van der Waals surface area contributed by atoms with Gasteiger partial charge in [-0.1, -0.05) is 109 Å². The molecule has 0 unspecified atom stereocenters. The zero-order valence-corrected chi connectivity index (χ0v) is 25.5. The van der Waals surface area contributed by atoms with Crippen molar-refractivity contribution >= 4 is 54.6 Å². The maximum Gasteiger partial charge on any atom is 0.166 e. The maximum absolute atomic E-state index is 6.46. The smallest absolute Gasteiger partial charge is 0.166 e. The lowest BCUT2D eigenvalue weighted by molar-refractivity contribution is 0.666. The van der Waals surface area contributed by atoms with Gasteiger partial charge in [0.2, 0.25) is 0 Å². The molecule has 0 aliphatic rings. The molecule has 0 amide bonds. The average molecular weight is 617 g/mol. The van der Waals surface area contributed by atoms with Gasteiger partial charge in [-0.05, 0) is 40.6 Å². The molecule has 6 heteroatoms. The van der Waals surface area contributed by atoms with Gasteiger partial charge in [-0.2, -0.15) is 0 Å². The standard InChI is InChI=1S/C42H24N4O2/c1-2-10-26(11-3-1)40-44-41(29-18-17-25-9-4-5-12-27(25)21-29)46-42(45-40)34-23-43-24-37-38(34)33-20-19-28(22-36(33)47-37)30-14-8-15-32-31-13-6-7-16-35(31)48-39(30)32/h1-24H. The third-order valence-electron chi connectivity index (χ3n) is 9.01. The van der Waals surface area contributed by atoms with Gasteiger partial charge in [0.05, 0.1) is 6.20 Å². The first kappa shape index (κ1) is 26.5. The summed E-state index contributed by atoms with van der Waals surface area (Å²) in [6, 6.07) is 45.3. The molecule has 0 saturated carbocycles. The Labute approximate surface area is 274 Å². The number of para-hydroxylation sites is 2. The topological polar surface area (TPSA) is 77.8 Å². The van der Waals surface area contributed by atoms with Crippen LogP contribution in [0.2, 0.25) is 0 Å². The second-order valence-electron chi connectivity index (χ2n) is 11.9. The van der Waals surface area contributed by atoms with Crippen molar-refractivity contribution in [3.05, 3.63) is 146 Å². The van der Waals surface area contributed by atoms with Crippen LogP contribution in [0.1, 0.15) is 0 Å². The molecule has 0 aliphatic carbocycles. The number of hydrogen-bond donors (Lipinski definition) is 0. The molecule has 0 saturated heterocycles. The molecule has 224 valence electrons. The molecule has 0 spiro atoms. The summed E-state index contributed by atoms with van der Waals surface area (Å²) in [4.78, 5) is 19.6. The number of furan rings is 2. The van der Waals surface area contributed by atoms with Gasteiger partial charge >= 0.3 is 0 Å². The van der Waals surface area contributed by atoms with E-state index >= 15 is 0 Å². The van der Waals surface area contributed by atoms with Gasteiger partial charge in [0.1, 0.15) is 16.7 Å². The van der Waals surface area contributed by atoms with E-state index in [4.69, 9.17) is 23.8 Å². The van der Waals surface area contributed by atoms with Gasteiger partial charge in [-0.15, -0.1) is 0 Å². The van der Waals surface area contributed by atoms with Gasteiger partial charge in [-0.3, -0.25) is 4.98 Å². The first-order valence-electron chi connectivity index (χ1n) is 15.8. The minimum Gasteiger partial charge on any atom is -0.455 e. The summed E-state index contributed by atoms with van der Waals surface area (Å²) in [6.45, 7) is 0. The van der Waals surface area contributed by atoms with Crippen LogP contribution in [-0.2, 0) is 0 Å². The Morgan fingerprint density at radius 2 is 1.15 bits per heavy atom. The molecule has 4 aromatic heterocycles. The van der Waals surface area contributed by atoms with Crippen molar-refractivity contribution in [1.29, 1.82) is 0 Å². The van der Waals surface area contributed by atoms with Crippen LogP contribution in [0.3, 0.4) is 0 Å². The summed E-state index contributed by atoms with van der Waals surface area (Å²) in [6.07, 6.45) is 3.57. The Morgan fingerprint density at radius 1 is 0.396 bits per heavy atom. The Morgan fingerprint density at radius 3 is 2.06 bits per heavy atom. The molecule has 4 heterocycles. The highest BCUT2D eigenvalue weighted by atomic mass is 16.3. The monoisotopic (exact) mass is 616 g/mol. The van der Waals surface area contributed by atoms with Gasteiger partial charge in [0, 0.05) is 50.0 Å². The predicted molar refractivity (Wildman–Crippen MR) is 191 cm³/mol. The van der Waals surface area contributed by atoms with Crippen LogP contribution in [-0.4, -0.2) is 19.9 Å². The van der Waals surface area contributed by atoms with Crippen molar-refractivity contribution < 1.29 is 8.83 Å². The third-order valence-corrected chi connectivity index (χ3v) is 9.01. The minimum absolute atomic E-state index is 0.531. The lowest BCUT2D eigenvalue weighted by Crippen LogP contribution is -2.00. The summed E-state index contributed by atoms with van der Waals surface area (Å²) < 4.78 is 12.8. The molecule has 0 aliphatic heterocycles. The number of benzene rings is 6. The van der Waals surface area contributed by atoms with E-state index in [0.717, 1.165) is 76.9 Å². The molecular weight excluding hydrogens is 592 g/mol. The quantitative estimate of drug-likeness (QED) is 0.196. The lowest BCUT2D eigenvalue weighted by Gasteiger charge is -2.09. The van der Waals surface area contributed by atoms with Crippen LogP contribution in [0.5, 0.6) is 0 Å². The van der Waals surface area contributed by atoms with Crippen LogP contribution < -0.4 is 0 Å². The Balaban J connectivity index is 1.16. The van der Waals surface area contributed by atoms with Gasteiger partial charge in [0.25, 0.3) is 0 Å². The van der Waals surface area contributed by atoms with Crippen LogP contribution in [0.4, 0.5) is 0 Å². The number of pyridine rings is 1. The highest BCUT2D eigenvalue weighted by molar-refractivity contribution is 6.13.